The number of amides is 1. The molecule has 3 heterocycles. The van der Waals surface area contributed by atoms with Gasteiger partial charge < -0.3 is 4.74 Å². The van der Waals surface area contributed by atoms with Gasteiger partial charge in [0, 0.05) is 6.54 Å². The molecule has 0 spiro atoms. The molecule has 2 aromatic rings. The lowest BCUT2D eigenvalue weighted by molar-refractivity contribution is -0.0311. The number of anilines is 1. The minimum Gasteiger partial charge on any atom is -0.444 e. The van der Waals surface area contributed by atoms with Gasteiger partial charge in [-0.15, -0.1) is 0 Å². The largest absolute Gasteiger partial charge is 0.444 e. The summed E-state index contributed by atoms with van der Waals surface area (Å²) in [6.07, 6.45) is 0.720. The lowest BCUT2D eigenvalue weighted by Crippen LogP contribution is -2.53. The van der Waals surface area contributed by atoms with Crippen LogP contribution in [0.2, 0.25) is 0 Å². The van der Waals surface area contributed by atoms with Crippen molar-refractivity contribution in [2.24, 2.45) is 5.92 Å². The van der Waals surface area contributed by atoms with Crippen LogP contribution in [0, 0.1) is 29.2 Å². The molecule has 5 rings (SSSR count). The third-order valence-electron chi connectivity index (χ3n) is 5.60. The first kappa shape index (κ1) is 19.7. The van der Waals surface area contributed by atoms with Crippen LogP contribution in [0.4, 0.5) is 28.0 Å². The molecule has 0 aromatic heterocycles. The fourth-order valence-corrected chi connectivity index (χ4v) is 4.04. The van der Waals surface area contributed by atoms with Crippen molar-refractivity contribution < 1.29 is 27.1 Å². The first-order chi connectivity index (χ1) is 13.9. The van der Waals surface area contributed by atoms with Gasteiger partial charge in [-0.2, -0.15) is 0 Å². The summed E-state index contributed by atoms with van der Waals surface area (Å²) in [7, 11) is 0. The number of hydrogen-bond acceptors (Lipinski definition) is 3. The standard InChI is InChI=1S/C21H20F4N2O2/c22-15-3-1-2-4-18(15)27(11-13-9-16(23)20(25)17(24)10-13)21(28)29-19-12-26-7-5-14(19)6-8-26/h1-4,9-10,14,19H,5-8,11-12H2. The van der Waals surface area contributed by atoms with Crippen molar-refractivity contribution in [2.75, 3.05) is 24.5 Å². The third kappa shape index (κ3) is 4.07. The average Bonchev–Trinajstić information content (AvgIpc) is 2.71. The summed E-state index contributed by atoms with van der Waals surface area (Å²) >= 11 is 0. The maximum atomic E-state index is 14.4. The Kier molecular flexibility index (Phi) is 5.45. The van der Waals surface area contributed by atoms with Crippen LogP contribution in [0.25, 0.3) is 0 Å². The minimum absolute atomic E-state index is 0.0180. The summed E-state index contributed by atoms with van der Waals surface area (Å²) in [4.78, 5) is 16.1. The fraction of sp³-hybridized carbons (Fsp3) is 0.381. The molecule has 0 radical (unpaired) electrons. The zero-order valence-corrected chi connectivity index (χ0v) is 15.6. The van der Waals surface area contributed by atoms with Crippen LogP contribution in [-0.2, 0) is 11.3 Å². The summed E-state index contributed by atoms with van der Waals surface area (Å²) in [6, 6.07) is 7.13. The van der Waals surface area contributed by atoms with Gasteiger partial charge in [0.15, 0.2) is 17.5 Å². The zero-order valence-electron chi connectivity index (χ0n) is 15.6. The quantitative estimate of drug-likeness (QED) is 0.553. The van der Waals surface area contributed by atoms with Crippen molar-refractivity contribution in [1.82, 2.24) is 4.90 Å². The Bertz CT molecular complexity index is 892. The van der Waals surface area contributed by atoms with Crippen molar-refractivity contribution >= 4 is 11.8 Å². The highest BCUT2D eigenvalue weighted by Gasteiger charge is 2.37. The Morgan fingerprint density at radius 3 is 2.28 bits per heavy atom. The summed E-state index contributed by atoms with van der Waals surface area (Å²) in [5.41, 5.74) is -0.0977. The smallest absolute Gasteiger partial charge is 0.415 e. The van der Waals surface area contributed by atoms with E-state index in [1.807, 2.05) is 0 Å². The highest BCUT2D eigenvalue weighted by atomic mass is 19.2. The first-order valence-corrected chi connectivity index (χ1v) is 9.51. The third-order valence-corrected chi connectivity index (χ3v) is 5.60. The van der Waals surface area contributed by atoms with Gasteiger partial charge in [0.05, 0.1) is 12.2 Å². The van der Waals surface area contributed by atoms with Crippen LogP contribution in [0.15, 0.2) is 36.4 Å². The molecule has 154 valence electrons. The van der Waals surface area contributed by atoms with Gasteiger partial charge in [0.25, 0.3) is 0 Å². The second-order valence-electron chi connectivity index (χ2n) is 7.47. The molecule has 8 heteroatoms. The molecule has 3 fully saturated rings. The molecule has 3 aliphatic rings. The number of piperidine rings is 3. The Morgan fingerprint density at radius 2 is 1.69 bits per heavy atom. The number of carbonyl (C=O) groups is 1. The van der Waals surface area contributed by atoms with Gasteiger partial charge in [0.1, 0.15) is 11.9 Å². The molecule has 1 amide bonds. The van der Waals surface area contributed by atoms with Crippen LogP contribution in [0.3, 0.4) is 0 Å². The maximum absolute atomic E-state index is 14.4. The van der Waals surface area contributed by atoms with Gasteiger partial charge in [-0.1, -0.05) is 12.1 Å². The maximum Gasteiger partial charge on any atom is 0.415 e. The zero-order chi connectivity index (χ0) is 20.5. The van der Waals surface area contributed by atoms with E-state index in [-0.39, 0.29) is 29.8 Å². The Hall–Kier alpha value is -2.61. The number of carbonyl (C=O) groups excluding carboxylic acids is 1. The van der Waals surface area contributed by atoms with Crippen LogP contribution >= 0.6 is 0 Å². The lowest BCUT2D eigenvalue weighted by Gasteiger charge is -2.44. The number of rotatable bonds is 4. The number of benzene rings is 2. The Balaban J connectivity index is 1.60. The molecule has 0 aliphatic carbocycles. The van der Waals surface area contributed by atoms with E-state index in [1.54, 1.807) is 6.07 Å². The van der Waals surface area contributed by atoms with E-state index in [0.29, 0.717) is 6.54 Å². The van der Waals surface area contributed by atoms with E-state index in [2.05, 4.69) is 4.90 Å². The van der Waals surface area contributed by atoms with Crippen LogP contribution in [0.1, 0.15) is 18.4 Å². The molecule has 2 aromatic carbocycles. The molecule has 0 N–H and O–H groups in total. The Labute approximate surface area is 165 Å². The molecule has 2 bridgehead atoms. The average molecular weight is 408 g/mol. The van der Waals surface area contributed by atoms with Gasteiger partial charge in [-0.25, -0.2) is 22.4 Å². The number of fused-ring (bicyclic) bond motifs is 3. The van der Waals surface area contributed by atoms with E-state index >= 15 is 0 Å². The summed E-state index contributed by atoms with van der Waals surface area (Å²) in [6.45, 7) is 2.17. The van der Waals surface area contributed by atoms with E-state index in [4.69, 9.17) is 4.74 Å². The number of para-hydroxylation sites is 1. The van der Waals surface area contributed by atoms with Crippen LogP contribution < -0.4 is 4.90 Å². The molecule has 3 saturated heterocycles. The highest BCUT2D eigenvalue weighted by molar-refractivity contribution is 5.87. The number of ether oxygens (including phenoxy) is 1. The van der Waals surface area contributed by atoms with Crippen molar-refractivity contribution in [2.45, 2.75) is 25.5 Å². The van der Waals surface area contributed by atoms with Crippen molar-refractivity contribution in [3.8, 4) is 0 Å². The normalized spacial score (nSPS) is 23.1. The predicted octanol–water partition coefficient (Wildman–Crippen LogP) is 4.48. The number of hydrogen-bond donors (Lipinski definition) is 0. The van der Waals surface area contributed by atoms with Crippen LogP contribution in [-0.4, -0.2) is 36.7 Å². The molecular formula is C21H20F4N2O2. The molecule has 29 heavy (non-hydrogen) atoms. The van der Waals surface area contributed by atoms with E-state index in [9.17, 15) is 22.4 Å². The van der Waals surface area contributed by atoms with E-state index in [0.717, 1.165) is 43.0 Å². The Morgan fingerprint density at radius 1 is 1.03 bits per heavy atom. The SMILES string of the molecule is O=C(OC1CN2CCC1CC2)N(Cc1cc(F)c(F)c(F)c1)c1ccccc1F. The lowest BCUT2D eigenvalue weighted by atomic mass is 9.86. The fourth-order valence-electron chi connectivity index (χ4n) is 4.04. The van der Waals surface area contributed by atoms with Crippen molar-refractivity contribution in [3.63, 3.8) is 0 Å². The predicted molar refractivity (Wildman–Crippen MR) is 98.3 cm³/mol. The number of halogens is 4. The van der Waals surface area contributed by atoms with Gasteiger partial charge in [-0.3, -0.25) is 9.80 Å². The topological polar surface area (TPSA) is 32.8 Å². The monoisotopic (exact) mass is 408 g/mol. The molecule has 1 atom stereocenters. The molecular weight excluding hydrogens is 388 g/mol. The van der Waals surface area contributed by atoms with Gasteiger partial charge in [0.2, 0.25) is 0 Å². The first-order valence-electron chi connectivity index (χ1n) is 9.51. The summed E-state index contributed by atoms with van der Waals surface area (Å²) in [5.74, 6) is -4.78. The summed E-state index contributed by atoms with van der Waals surface area (Å²) < 4.78 is 60.6. The highest BCUT2D eigenvalue weighted by Crippen LogP contribution is 2.31. The van der Waals surface area contributed by atoms with Crippen LogP contribution in [0.5, 0.6) is 0 Å². The second-order valence-corrected chi connectivity index (χ2v) is 7.47. The minimum atomic E-state index is -1.60. The van der Waals surface area contributed by atoms with Gasteiger partial charge in [-0.05, 0) is 61.7 Å². The summed E-state index contributed by atoms with van der Waals surface area (Å²) in [5, 5.41) is 0. The second kappa shape index (κ2) is 8.02. The van der Waals surface area contributed by atoms with Crippen molar-refractivity contribution in [3.05, 3.63) is 65.2 Å². The van der Waals surface area contributed by atoms with E-state index in [1.165, 1.54) is 18.2 Å². The van der Waals surface area contributed by atoms with Gasteiger partial charge >= 0.3 is 6.09 Å². The molecule has 1 unspecified atom stereocenters. The molecule has 4 nitrogen and oxygen atoms in total. The van der Waals surface area contributed by atoms with E-state index < -0.39 is 29.4 Å². The molecule has 0 saturated carbocycles. The number of nitrogens with zero attached hydrogens (tertiary/aromatic N) is 2. The molecule has 3 aliphatic heterocycles. The van der Waals surface area contributed by atoms with Crippen molar-refractivity contribution in [1.29, 1.82) is 0 Å².